The molecular weight excluding hydrogens is 442 g/mol. The number of halogens is 4. The summed E-state index contributed by atoms with van der Waals surface area (Å²) in [7, 11) is 0. The van der Waals surface area contributed by atoms with Crippen LogP contribution in [0.1, 0.15) is 18.4 Å². The van der Waals surface area contributed by atoms with Crippen molar-refractivity contribution in [3.63, 3.8) is 0 Å². The first-order valence-electron chi connectivity index (χ1n) is 10.6. The van der Waals surface area contributed by atoms with E-state index in [0.717, 1.165) is 0 Å². The summed E-state index contributed by atoms with van der Waals surface area (Å²) in [4.78, 5) is 18.3. The monoisotopic (exact) mass is 465 g/mol. The molecule has 2 atom stereocenters. The molecule has 2 saturated heterocycles. The van der Waals surface area contributed by atoms with Crippen LogP contribution in [0.15, 0.2) is 30.5 Å². The Labute approximate surface area is 187 Å². The number of piperidine rings is 1. The Morgan fingerprint density at radius 1 is 1.30 bits per heavy atom. The van der Waals surface area contributed by atoms with E-state index in [2.05, 4.69) is 15.6 Å². The molecule has 0 aliphatic carbocycles. The number of nitriles is 1. The zero-order valence-electron chi connectivity index (χ0n) is 17.7. The Bertz CT molecular complexity index is 1060. The molecule has 2 N–H and O–H groups in total. The minimum atomic E-state index is -4.70. The molecule has 33 heavy (non-hydrogen) atoms. The summed E-state index contributed by atoms with van der Waals surface area (Å²) in [6.45, 7) is -0.0309. The smallest absolute Gasteiger partial charge is 0.365 e. The van der Waals surface area contributed by atoms with E-state index in [0.29, 0.717) is 35.2 Å². The molecule has 0 unspecified atom stereocenters. The van der Waals surface area contributed by atoms with Crippen molar-refractivity contribution >= 4 is 22.5 Å². The summed E-state index contributed by atoms with van der Waals surface area (Å²) >= 11 is 0. The Morgan fingerprint density at radius 2 is 2.06 bits per heavy atom. The minimum Gasteiger partial charge on any atom is -0.365 e. The normalized spacial score (nSPS) is 23.2. The van der Waals surface area contributed by atoms with Crippen LogP contribution in [0, 0.1) is 11.3 Å². The van der Waals surface area contributed by atoms with E-state index in [1.165, 1.54) is 17.2 Å². The van der Waals surface area contributed by atoms with Crippen molar-refractivity contribution < 1.29 is 27.1 Å². The summed E-state index contributed by atoms with van der Waals surface area (Å²) in [6.07, 6.45) is -6.44. The summed E-state index contributed by atoms with van der Waals surface area (Å²) in [5.41, 5.74) is -0.542. The number of benzene rings is 1. The number of amides is 1. The first-order chi connectivity index (χ1) is 15.7. The molecule has 4 rings (SSSR count). The number of alkyl halides is 4. The number of nitrogens with one attached hydrogen (secondary N) is 2. The third kappa shape index (κ3) is 5.02. The molecule has 7 nitrogen and oxygen atoms in total. The highest BCUT2D eigenvalue weighted by Gasteiger charge is 2.48. The van der Waals surface area contributed by atoms with Gasteiger partial charge in [0, 0.05) is 17.3 Å². The molecule has 1 aromatic carbocycles. The van der Waals surface area contributed by atoms with E-state index in [1.807, 2.05) is 6.07 Å². The second-order valence-corrected chi connectivity index (χ2v) is 8.32. The van der Waals surface area contributed by atoms with Crippen molar-refractivity contribution in [3.8, 4) is 6.07 Å². The van der Waals surface area contributed by atoms with E-state index >= 15 is 0 Å². The van der Waals surface area contributed by atoms with E-state index in [1.54, 1.807) is 18.2 Å². The first kappa shape index (κ1) is 23.2. The summed E-state index contributed by atoms with van der Waals surface area (Å²) in [5.74, 6) is -0.791. The fourth-order valence-corrected chi connectivity index (χ4v) is 4.22. The van der Waals surface area contributed by atoms with Crippen LogP contribution in [-0.4, -0.2) is 67.7 Å². The van der Waals surface area contributed by atoms with Gasteiger partial charge < -0.3 is 20.3 Å². The van der Waals surface area contributed by atoms with Crippen molar-refractivity contribution in [2.75, 3.05) is 37.6 Å². The zero-order valence-corrected chi connectivity index (χ0v) is 17.7. The topological polar surface area (TPSA) is 90.3 Å². The molecule has 2 aliphatic heterocycles. The van der Waals surface area contributed by atoms with Crippen molar-refractivity contribution in [2.24, 2.45) is 0 Å². The molecule has 176 valence electrons. The maximum Gasteiger partial charge on any atom is 0.416 e. The number of carbonyl (C=O) groups is 1. The lowest BCUT2D eigenvalue weighted by Gasteiger charge is -2.40. The predicted molar refractivity (Wildman–Crippen MR) is 112 cm³/mol. The molecule has 1 amide bonds. The lowest BCUT2D eigenvalue weighted by molar-refractivity contribution is -0.234. The average Bonchev–Trinajstić information content (AvgIpc) is 2.81. The second-order valence-electron chi connectivity index (χ2n) is 8.32. The van der Waals surface area contributed by atoms with E-state index in [9.17, 15) is 27.6 Å². The molecule has 11 heteroatoms. The Kier molecular flexibility index (Phi) is 6.41. The SMILES string of the molecule is N#Cc1ccc(N2C[C@@H](C(=O)NCC3(F)CCNCC3)O[C@@H](C(F)(F)F)C2)c2cccnc12. The quantitative estimate of drug-likeness (QED) is 0.675. The van der Waals surface area contributed by atoms with Crippen LogP contribution in [0.25, 0.3) is 10.9 Å². The number of nitrogens with zero attached hydrogens (tertiary/aromatic N) is 3. The first-order valence-corrected chi connectivity index (χ1v) is 10.6. The standard InChI is InChI=1S/C22H23F4N5O2/c23-21(5-8-28-9-6-21)13-30-20(32)17-11-31(12-18(33-17)22(24,25)26)16-4-3-14(10-27)19-15(16)2-1-7-29-19/h1-4,7,17-18,28H,5-6,8-9,11-13H2,(H,30,32)/t17-,18+/m0/s1. The van der Waals surface area contributed by atoms with Crippen molar-refractivity contribution in [2.45, 2.75) is 36.9 Å². The van der Waals surface area contributed by atoms with Crippen LogP contribution in [-0.2, 0) is 9.53 Å². The van der Waals surface area contributed by atoms with E-state index < -0.39 is 36.5 Å². The Balaban J connectivity index is 1.59. The summed E-state index contributed by atoms with van der Waals surface area (Å²) < 4.78 is 60.8. The van der Waals surface area contributed by atoms with Gasteiger partial charge >= 0.3 is 6.18 Å². The minimum absolute atomic E-state index is 0.158. The highest BCUT2D eigenvalue weighted by atomic mass is 19.4. The number of anilines is 1. The van der Waals surface area contributed by atoms with Crippen LogP contribution in [0.3, 0.4) is 0 Å². The van der Waals surface area contributed by atoms with Gasteiger partial charge in [0.15, 0.2) is 12.2 Å². The number of hydrogen-bond donors (Lipinski definition) is 2. The number of ether oxygens (including phenoxy) is 1. The number of rotatable bonds is 4. The maximum absolute atomic E-state index is 14.8. The van der Waals surface area contributed by atoms with Gasteiger partial charge in [-0.3, -0.25) is 9.78 Å². The number of pyridine rings is 1. The zero-order chi connectivity index (χ0) is 23.6. The summed E-state index contributed by atoms with van der Waals surface area (Å²) in [5, 5.41) is 15.3. The van der Waals surface area contributed by atoms with Gasteiger partial charge in [-0.05, 0) is 50.2 Å². The van der Waals surface area contributed by atoms with Gasteiger partial charge in [-0.25, -0.2) is 4.39 Å². The lowest BCUT2D eigenvalue weighted by atomic mass is 9.94. The van der Waals surface area contributed by atoms with E-state index in [-0.39, 0.29) is 25.9 Å². The third-order valence-electron chi connectivity index (χ3n) is 6.05. The summed E-state index contributed by atoms with van der Waals surface area (Å²) in [6, 6.07) is 8.34. The Morgan fingerprint density at radius 3 is 2.76 bits per heavy atom. The number of morpholine rings is 1. The van der Waals surface area contributed by atoms with Gasteiger partial charge in [0.1, 0.15) is 11.7 Å². The maximum atomic E-state index is 14.8. The fourth-order valence-electron chi connectivity index (χ4n) is 4.22. The molecule has 0 spiro atoms. The van der Waals surface area contributed by atoms with Crippen LogP contribution in [0.5, 0.6) is 0 Å². The van der Waals surface area contributed by atoms with E-state index in [4.69, 9.17) is 4.74 Å². The molecule has 0 radical (unpaired) electrons. The largest absolute Gasteiger partial charge is 0.416 e. The number of carbonyl (C=O) groups excluding carboxylic acids is 1. The lowest BCUT2D eigenvalue weighted by Crippen LogP contribution is -2.58. The molecule has 0 saturated carbocycles. The molecular formula is C22H23F4N5O2. The molecule has 2 aromatic rings. The third-order valence-corrected chi connectivity index (χ3v) is 6.05. The highest BCUT2D eigenvalue weighted by molar-refractivity contribution is 5.95. The molecule has 1 aromatic heterocycles. The van der Waals surface area contributed by atoms with Gasteiger partial charge in [0.25, 0.3) is 5.91 Å². The Hall–Kier alpha value is -2.97. The van der Waals surface area contributed by atoms with Gasteiger partial charge in [-0.15, -0.1) is 0 Å². The fraction of sp³-hybridized carbons (Fsp3) is 0.500. The molecule has 2 aliphatic rings. The van der Waals surface area contributed by atoms with Crippen LogP contribution >= 0.6 is 0 Å². The number of hydrogen-bond acceptors (Lipinski definition) is 6. The highest BCUT2D eigenvalue weighted by Crippen LogP contribution is 2.34. The van der Waals surface area contributed by atoms with Crippen LogP contribution in [0.2, 0.25) is 0 Å². The number of aromatic nitrogens is 1. The van der Waals surface area contributed by atoms with Gasteiger partial charge in [0.2, 0.25) is 0 Å². The predicted octanol–water partition coefficient (Wildman–Crippen LogP) is 2.45. The van der Waals surface area contributed by atoms with Crippen LogP contribution < -0.4 is 15.5 Å². The van der Waals surface area contributed by atoms with Gasteiger partial charge in [-0.2, -0.15) is 18.4 Å². The number of fused-ring (bicyclic) bond motifs is 1. The van der Waals surface area contributed by atoms with Crippen LogP contribution in [0.4, 0.5) is 23.2 Å². The molecule has 3 heterocycles. The second kappa shape index (κ2) is 9.11. The molecule has 2 fully saturated rings. The average molecular weight is 465 g/mol. The molecule has 0 bridgehead atoms. The van der Waals surface area contributed by atoms with Gasteiger partial charge in [0.05, 0.1) is 30.7 Å². The van der Waals surface area contributed by atoms with Gasteiger partial charge in [-0.1, -0.05) is 0 Å². The van der Waals surface area contributed by atoms with Crippen molar-refractivity contribution in [3.05, 3.63) is 36.0 Å². The van der Waals surface area contributed by atoms with Crippen molar-refractivity contribution in [1.82, 2.24) is 15.6 Å². The van der Waals surface area contributed by atoms with Crippen molar-refractivity contribution in [1.29, 1.82) is 5.26 Å².